The quantitative estimate of drug-likeness (QED) is 0.299. The van der Waals surface area contributed by atoms with E-state index in [9.17, 15) is 35.2 Å². The van der Waals surface area contributed by atoms with Gasteiger partial charge in [0.25, 0.3) is 12.3 Å². The molecule has 3 aromatic carbocycles. The van der Waals surface area contributed by atoms with Crippen molar-refractivity contribution in [1.82, 2.24) is 5.32 Å². The van der Waals surface area contributed by atoms with Gasteiger partial charge in [0.2, 0.25) is 10.0 Å². The van der Waals surface area contributed by atoms with Crippen molar-refractivity contribution < 1.29 is 39.9 Å². The molecule has 0 aromatic heterocycles. The van der Waals surface area contributed by atoms with Crippen LogP contribution in [0.5, 0.6) is 5.75 Å². The molecule has 0 aliphatic heterocycles. The van der Waals surface area contributed by atoms with Gasteiger partial charge in [-0.25, -0.2) is 22.3 Å². The molecule has 3 rings (SSSR count). The number of anilines is 1. The average Bonchev–Trinajstić information content (AvgIpc) is 2.82. The van der Waals surface area contributed by atoms with Crippen LogP contribution in [0.1, 0.15) is 21.5 Å². The fourth-order valence-electron chi connectivity index (χ4n) is 3.63. The van der Waals surface area contributed by atoms with Crippen molar-refractivity contribution in [1.29, 1.82) is 0 Å². The van der Waals surface area contributed by atoms with Crippen LogP contribution in [-0.2, 0) is 22.7 Å². The highest BCUT2D eigenvalue weighted by atomic mass is 35.5. The molecule has 0 heterocycles. The second-order valence-electron chi connectivity index (χ2n) is 7.95. The van der Waals surface area contributed by atoms with Crippen molar-refractivity contribution >= 4 is 33.2 Å². The number of rotatable bonds is 9. The van der Waals surface area contributed by atoms with Crippen molar-refractivity contribution in [2.24, 2.45) is 5.14 Å². The molecule has 0 bridgehead atoms. The Morgan fingerprint density at radius 3 is 2.34 bits per heavy atom. The number of nitrogens with two attached hydrogens (primary N) is 1. The Hall–Kier alpha value is -3.26. The Bertz CT molecular complexity index is 1450. The van der Waals surface area contributed by atoms with Crippen LogP contribution in [0.2, 0.25) is 5.02 Å². The van der Waals surface area contributed by atoms with E-state index in [1.165, 1.54) is 43.5 Å². The van der Waals surface area contributed by atoms with E-state index in [1.54, 1.807) is 0 Å². The third-order valence-electron chi connectivity index (χ3n) is 5.29. The summed E-state index contributed by atoms with van der Waals surface area (Å²) in [6.45, 7) is -0.990. The molecule has 0 aliphatic carbocycles. The highest BCUT2D eigenvalue weighted by Crippen LogP contribution is 2.40. The molecule has 7 nitrogen and oxygen atoms in total. The number of amides is 1. The lowest BCUT2D eigenvalue weighted by atomic mass is 9.93. The summed E-state index contributed by atoms with van der Waals surface area (Å²) in [6.07, 6.45) is -7.46. The number of primary sulfonamides is 1. The SMILES string of the molecule is COc1cc(NC(=O)c2ccc(-c3ccc(Cl)cc3C(F)(F)F)c(CNCC(F)F)c2)ccc1S(N)(=O)=O. The zero-order valence-electron chi connectivity index (χ0n) is 19.6. The van der Waals surface area contributed by atoms with Crippen LogP contribution >= 0.6 is 11.6 Å². The van der Waals surface area contributed by atoms with Gasteiger partial charge >= 0.3 is 6.18 Å². The number of methoxy groups -OCH3 is 1. The molecule has 0 saturated heterocycles. The maximum Gasteiger partial charge on any atom is 0.417 e. The van der Waals surface area contributed by atoms with Crippen LogP contribution in [0.4, 0.5) is 27.6 Å². The second-order valence-corrected chi connectivity index (χ2v) is 9.91. The number of halogens is 6. The molecule has 4 N–H and O–H groups in total. The lowest BCUT2D eigenvalue weighted by Crippen LogP contribution is -2.22. The third kappa shape index (κ3) is 7.19. The molecule has 38 heavy (non-hydrogen) atoms. The Labute approximate surface area is 219 Å². The lowest BCUT2D eigenvalue weighted by molar-refractivity contribution is -0.137. The number of nitrogens with one attached hydrogen (secondary N) is 2. The summed E-state index contributed by atoms with van der Waals surface area (Å²) in [6, 6.07) is 10.6. The molecule has 14 heteroatoms. The van der Waals surface area contributed by atoms with Crippen LogP contribution in [0.15, 0.2) is 59.5 Å². The minimum absolute atomic E-state index is 0.000362. The van der Waals surface area contributed by atoms with Gasteiger partial charge in [-0.1, -0.05) is 23.7 Å². The van der Waals surface area contributed by atoms with Gasteiger partial charge < -0.3 is 15.4 Å². The first-order chi connectivity index (χ1) is 17.7. The van der Waals surface area contributed by atoms with Crippen molar-refractivity contribution in [3.05, 3.63) is 76.3 Å². The Morgan fingerprint density at radius 2 is 1.74 bits per heavy atom. The molecule has 0 spiro atoms. The van der Waals surface area contributed by atoms with Crippen molar-refractivity contribution in [2.75, 3.05) is 19.0 Å². The number of ether oxygens (including phenoxy) is 1. The summed E-state index contributed by atoms with van der Waals surface area (Å²) in [4.78, 5) is 12.6. The predicted molar refractivity (Wildman–Crippen MR) is 132 cm³/mol. The van der Waals surface area contributed by atoms with Gasteiger partial charge in [0.15, 0.2) is 0 Å². The number of hydrogen-bond donors (Lipinski definition) is 3. The van der Waals surface area contributed by atoms with E-state index in [1.807, 2.05) is 0 Å². The number of benzene rings is 3. The fourth-order valence-corrected chi connectivity index (χ4v) is 4.48. The Kier molecular flexibility index (Phi) is 8.97. The molecule has 0 radical (unpaired) electrons. The average molecular weight is 578 g/mol. The van der Waals surface area contributed by atoms with Crippen LogP contribution in [0.25, 0.3) is 11.1 Å². The number of carbonyl (C=O) groups is 1. The van der Waals surface area contributed by atoms with Gasteiger partial charge in [-0.2, -0.15) is 13.2 Å². The first-order valence-electron chi connectivity index (χ1n) is 10.7. The summed E-state index contributed by atoms with van der Waals surface area (Å²) in [7, 11) is -2.89. The fraction of sp³-hybridized carbons (Fsp3) is 0.208. The van der Waals surface area contributed by atoms with Crippen molar-refractivity contribution in [2.45, 2.75) is 24.0 Å². The summed E-state index contributed by atoms with van der Waals surface area (Å²) < 4.78 is 94.9. The summed E-state index contributed by atoms with van der Waals surface area (Å²) in [5.41, 5.74) is -0.928. The largest absolute Gasteiger partial charge is 0.495 e. The molecule has 0 atom stereocenters. The molecule has 1 amide bonds. The van der Waals surface area contributed by atoms with Gasteiger partial charge in [-0.05, 0) is 53.1 Å². The minimum atomic E-state index is -4.76. The van der Waals surface area contributed by atoms with E-state index in [2.05, 4.69) is 10.6 Å². The van der Waals surface area contributed by atoms with Crippen molar-refractivity contribution in [3.63, 3.8) is 0 Å². The van der Waals surface area contributed by atoms with Gasteiger partial charge in [-0.3, -0.25) is 4.79 Å². The van der Waals surface area contributed by atoms with Crippen LogP contribution < -0.4 is 20.5 Å². The monoisotopic (exact) mass is 577 g/mol. The summed E-state index contributed by atoms with van der Waals surface area (Å²) in [5.74, 6) is -0.829. The van der Waals surface area contributed by atoms with Crippen molar-refractivity contribution in [3.8, 4) is 16.9 Å². The molecule has 0 aliphatic rings. The second kappa shape index (κ2) is 11.6. The van der Waals surface area contributed by atoms with Crippen LogP contribution in [-0.4, -0.2) is 34.4 Å². The van der Waals surface area contributed by atoms with Gasteiger partial charge in [-0.15, -0.1) is 0 Å². The Morgan fingerprint density at radius 1 is 1.05 bits per heavy atom. The van der Waals surface area contributed by atoms with E-state index in [0.717, 1.165) is 18.2 Å². The normalized spacial score (nSPS) is 12.0. The maximum absolute atomic E-state index is 13.7. The topological polar surface area (TPSA) is 111 Å². The van der Waals surface area contributed by atoms with Gasteiger partial charge in [0.1, 0.15) is 10.6 Å². The maximum atomic E-state index is 13.7. The number of carbonyl (C=O) groups excluding carboxylic acids is 1. The summed E-state index contributed by atoms with van der Waals surface area (Å²) >= 11 is 5.77. The first-order valence-corrected chi connectivity index (χ1v) is 12.6. The highest BCUT2D eigenvalue weighted by molar-refractivity contribution is 7.89. The summed E-state index contributed by atoms with van der Waals surface area (Å²) in [5, 5.41) is 9.97. The molecule has 204 valence electrons. The Balaban J connectivity index is 2.01. The van der Waals surface area contributed by atoms with Crippen LogP contribution in [0, 0.1) is 0 Å². The zero-order chi connectivity index (χ0) is 28.3. The molecule has 0 saturated carbocycles. The molecular weight excluding hydrogens is 557 g/mol. The van der Waals surface area contributed by atoms with E-state index < -0.39 is 40.6 Å². The smallest absolute Gasteiger partial charge is 0.417 e. The molecular formula is C24H21ClF5N3O4S. The van der Waals surface area contributed by atoms with Gasteiger partial charge in [0.05, 0.1) is 19.2 Å². The van der Waals surface area contributed by atoms with E-state index >= 15 is 0 Å². The zero-order valence-corrected chi connectivity index (χ0v) is 21.1. The highest BCUT2D eigenvalue weighted by Gasteiger charge is 2.34. The minimum Gasteiger partial charge on any atom is -0.495 e. The van der Waals surface area contributed by atoms with Crippen LogP contribution in [0.3, 0.4) is 0 Å². The van der Waals surface area contributed by atoms with E-state index in [4.69, 9.17) is 21.5 Å². The lowest BCUT2D eigenvalue weighted by Gasteiger charge is -2.18. The molecule has 3 aromatic rings. The predicted octanol–water partition coefficient (Wildman–Crippen LogP) is 5.29. The number of sulfonamides is 1. The van der Waals surface area contributed by atoms with E-state index in [-0.39, 0.29) is 50.2 Å². The number of hydrogen-bond acceptors (Lipinski definition) is 5. The molecule has 0 unspecified atom stereocenters. The molecule has 0 fully saturated rings. The first kappa shape index (κ1) is 29.3. The third-order valence-corrected chi connectivity index (χ3v) is 6.47. The number of alkyl halides is 5. The van der Waals surface area contributed by atoms with Gasteiger partial charge in [0, 0.05) is 28.9 Å². The standard InChI is InChI=1S/C24H21ClF5N3O4S/c1-37-20-10-16(4-7-21(20)38(31,35)36)33-23(34)13-2-5-17(14(8-13)11-32-12-22(26)27)18-6-3-15(25)9-19(18)24(28,29)30/h2-10,22,32H,11-12H2,1H3,(H,33,34)(H2,31,35,36). The van der Waals surface area contributed by atoms with E-state index in [0.29, 0.717) is 0 Å².